The number of hydrogen-bond donors (Lipinski definition) is 1. The minimum absolute atomic E-state index is 0.00572. The summed E-state index contributed by atoms with van der Waals surface area (Å²) < 4.78 is 10.3. The highest BCUT2D eigenvalue weighted by Gasteiger charge is 2.55. The van der Waals surface area contributed by atoms with Crippen LogP contribution in [-0.4, -0.2) is 30.4 Å². The number of aliphatic carboxylic acids is 1. The van der Waals surface area contributed by atoms with Crippen LogP contribution in [0.25, 0.3) is 0 Å². The summed E-state index contributed by atoms with van der Waals surface area (Å²) in [6, 6.07) is 0. The summed E-state index contributed by atoms with van der Waals surface area (Å²) in [5.74, 6) is -0.267. The van der Waals surface area contributed by atoms with Crippen LogP contribution >= 0.6 is 0 Å². The SMILES string of the molecule is COC1C=C(CCC2(C)C(C)CCC3(C)C(C(=O)O)=CCCC32)C(=O)O1. The second-order valence-electron chi connectivity index (χ2n) is 8.62. The average molecular weight is 362 g/mol. The van der Waals surface area contributed by atoms with Gasteiger partial charge in [-0.3, -0.25) is 0 Å². The van der Waals surface area contributed by atoms with Gasteiger partial charge in [0, 0.05) is 23.7 Å². The molecule has 26 heavy (non-hydrogen) atoms. The molecule has 0 aromatic heterocycles. The molecule has 1 fully saturated rings. The molecule has 2 aliphatic carbocycles. The average Bonchev–Trinajstić information content (AvgIpc) is 2.96. The lowest BCUT2D eigenvalue weighted by Crippen LogP contribution is -2.51. The number of methoxy groups -OCH3 is 1. The van der Waals surface area contributed by atoms with Gasteiger partial charge in [-0.25, -0.2) is 9.59 Å². The molecule has 5 heteroatoms. The maximum atomic E-state index is 12.0. The first-order chi connectivity index (χ1) is 12.2. The van der Waals surface area contributed by atoms with E-state index in [4.69, 9.17) is 9.47 Å². The van der Waals surface area contributed by atoms with Gasteiger partial charge in [-0.1, -0.05) is 26.8 Å². The van der Waals surface area contributed by atoms with Crippen molar-refractivity contribution in [1.29, 1.82) is 0 Å². The first-order valence-electron chi connectivity index (χ1n) is 9.61. The normalized spacial score (nSPS) is 39.7. The number of allylic oxidation sites excluding steroid dienone is 1. The van der Waals surface area contributed by atoms with E-state index in [0.717, 1.165) is 32.1 Å². The summed E-state index contributed by atoms with van der Waals surface area (Å²) in [5.41, 5.74) is 0.979. The molecule has 0 aromatic rings. The summed E-state index contributed by atoms with van der Waals surface area (Å²) >= 11 is 0. The summed E-state index contributed by atoms with van der Waals surface area (Å²) in [6.07, 6.45) is 8.39. The Bertz CT molecular complexity index is 663. The van der Waals surface area contributed by atoms with Crippen molar-refractivity contribution in [3.8, 4) is 0 Å². The quantitative estimate of drug-likeness (QED) is 0.746. The van der Waals surface area contributed by atoms with Crippen molar-refractivity contribution in [2.24, 2.45) is 22.7 Å². The van der Waals surface area contributed by atoms with Crippen LogP contribution in [0.15, 0.2) is 23.3 Å². The third kappa shape index (κ3) is 3.00. The van der Waals surface area contributed by atoms with Gasteiger partial charge in [0.05, 0.1) is 0 Å². The molecule has 1 saturated carbocycles. The lowest BCUT2D eigenvalue weighted by atomic mass is 9.46. The van der Waals surface area contributed by atoms with Crippen molar-refractivity contribution in [3.05, 3.63) is 23.3 Å². The Kier molecular flexibility index (Phi) is 5.04. The number of fused-ring (bicyclic) bond motifs is 1. The molecule has 5 atom stereocenters. The fraction of sp³-hybridized carbons (Fsp3) is 0.714. The Balaban J connectivity index is 1.84. The van der Waals surface area contributed by atoms with Crippen LogP contribution in [0.2, 0.25) is 0 Å². The number of cyclic esters (lactones) is 1. The van der Waals surface area contributed by atoms with Gasteiger partial charge in [-0.15, -0.1) is 0 Å². The number of carbonyl (C=O) groups excluding carboxylic acids is 1. The van der Waals surface area contributed by atoms with E-state index in [-0.39, 0.29) is 16.8 Å². The molecule has 0 amide bonds. The third-order valence-corrected chi connectivity index (χ3v) is 7.43. The Morgan fingerprint density at radius 1 is 1.38 bits per heavy atom. The highest BCUT2D eigenvalue weighted by Crippen LogP contribution is 2.62. The summed E-state index contributed by atoms with van der Waals surface area (Å²) in [6.45, 7) is 6.70. The van der Waals surface area contributed by atoms with Gasteiger partial charge in [-0.05, 0) is 61.9 Å². The first-order valence-corrected chi connectivity index (χ1v) is 9.61. The van der Waals surface area contributed by atoms with Crippen LogP contribution in [0.1, 0.15) is 59.3 Å². The molecule has 0 aromatic carbocycles. The molecule has 3 rings (SSSR count). The van der Waals surface area contributed by atoms with E-state index < -0.39 is 12.3 Å². The molecule has 0 spiro atoms. The maximum absolute atomic E-state index is 12.0. The van der Waals surface area contributed by atoms with E-state index in [1.807, 2.05) is 6.08 Å². The number of ether oxygens (including phenoxy) is 2. The van der Waals surface area contributed by atoms with Crippen LogP contribution < -0.4 is 0 Å². The topological polar surface area (TPSA) is 72.8 Å². The van der Waals surface area contributed by atoms with Crippen LogP contribution in [0.3, 0.4) is 0 Å². The number of carboxylic acid groups (broad SMARTS) is 1. The van der Waals surface area contributed by atoms with Crippen molar-refractivity contribution < 1.29 is 24.2 Å². The Hall–Kier alpha value is -1.62. The van der Waals surface area contributed by atoms with Gasteiger partial charge in [0.15, 0.2) is 0 Å². The van der Waals surface area contributed by atoms with E-state index in [9.17, 15) is 14.7 Å². The molecule has 5 unspecified atom stereocenters. The predicted molar refractivity (Wildman–Crippen MR) is 97.3 cm³/mol. The molecule has 0 saturated heterocycles. The zero-order chi connectivity index (χ0) is 19.1. The molecule has 1 heterocycles. The number of carbonyl (C=O) groups is 2. The summed E-state index contributed by atoms with van der Waals surface area (Å²) in [5, 5.41) is 9.72. The first kappa shape index (κ1) is 19.2. The molecule has 0 bridgehead atoms. The Labute approximate surface area is 155 Å². The second kappa shape index (κ2) is 6.84. The molecular weight excluding hydrogens is 332 g/mol. The minimum atomic E-state index is -0.779. The standard InChI is InChI=1S/C21H30O5/c1-13-8-10-21(3)15(18(22)23)6-5-7-16(21)20(13,2)11-9-14-12-17(25-4)26-19(14)24/h6,12-13,16-17H,5,7-11H2,1-4H3,(H,22,23). The van der Waals surface area contributed by atoms with Crippen molar-refractivity contribution in [3.63, 3.8) is 0 Å². The predicted octanol–water partition coefficient (Wildman–Crippen LogP) is 4.09. The molecule has 5 nitrogen and oxygen atoms in total. The molecular formula is C21H30O5. The Morgan fingerprint density at radius 3 is 2.73 bits per heavy atom. The van der Waals surface area contributed by atoms with Crippen molar-refractivity contribution in [2.45, 2.75) is 65.6 Å². The van der Waals surface area contributed by atoms with E-state index in [1.54, 1.807) is 6.08 Å². The van der Waals surface area contributed by atoms with Gasteiger partial charge in [0.25, 0.3) is 0 Å². The number of carboxylic acids is 1. The zero-order valence-corrected chi connectivity index (χ0v) is 16.2. The van der Waals surface area contributed by atoms with Crippen LogP contribution in [0.4, 0.5) is 0 Å². The fourth-order valence-electron chi connectivity index (χ4n) is 5.59. The maximum Gasteiger partial charge on any atom is 0.336 e. The third-order valence-electron chi connectivity index (χ3n) is 7.43. The molecule has 144 valence electrons. The van der Waals surface area contributed by atoms with Crippen molar-refractivity contribution >= 4 is 11.9 Å². The number of rotatable bonds is 5. The van der Waals surface area contributed by atoms with Gasteiger partial charge in [-0.2, -0.15) is 0 Å². The summed E-state index contributed by atoms with van der Waals surface area (Å²) in [7, 11) is 1.52. The minimum Gasteiger partial charge on any atom is -0.478 e. The fourth-order valence-corrected chi connectivity index (χ4v) is 5.59. The lowest BCUT2D eigenvalue weighted by molar-refractivity contribution is -0.155. The zero-order valence-electron chi connectivity index (χ0n) is 16.2. The van der Waals surface area contributed by atoms with E-state index >= 15 is 0 Å². The van der Waals surface area contributed by atoms with E-state index in [2.05, 4.69) is 20.8 Å². The number of hydrogen-bond acceptors (Lipinski definition) is 4. The van der Waals surface area contributed by atoms with E-state index in [0.29, 0.717) is 29.4 Å². The van der Waals surface area contributed by atoms with Gasteiger partial charge in [0.1, 0.15) is 0 Å². The van der Waals surface area contributed by atoms with Gasteiger partial charge >= 0.3 is 11.9 Å². The monoisotopic (exact) mass is 362 g/mol. The number of esters is 1. The largest absolute Gasteiger partial charge is 0.478 e. The van der Waals surface area contributed by atoms with Crippen LogP contribution in [-0.2, 0) is 19.1 Å². The van der Waals surface area contributed by atoms with Crippen molar-refractivity contribution in [1.82, 2.24) is 0 Å². The van der Waals surface area contributed by atoms with Crippen molar-refractivity contribution in [2.75, 3.05) is 7.11 Å². The van der Waals surface area contributed by atoms with Crippen LogP contribution in [0.5, 0.6) is 0 Å². The van der Waals surface area contributed by atoms with E-state index in [1.165, 1.54) is 7.11 Å². The molecule has 3 aliphatic rings. The summed E-state index contributed by atoms with van der Waals surface area (Å²) in [4.78, 5) is 23.9. The highest BCUT2D eigenvalue weighted by molar-refractivity contribution is 5.90. The molecule has 1 N–H and O–H groups in total. The smallest absolute Gasteiger partial charge is 0.336 e. The molecule has 0 radical (unpaired) electrons. The second-order valence-corrected chi connectivity index (χ2v) is 8.62. The lowest BCUT2D eigenvalue weighted by Gasteiger charge is -2.57. The van der Waals surface area contributed by atoms with Gasteiger partial charge < -0.3 is 14.6 Å². The Morgan fingerprint density at radius 2 is 2.12 bits per heavy atom. The van der Waals surface area contributed by atoms with Crippen LogP contribution in [0, 0.1) is 22.7 Å². The van der Waals surface area contributed by atoms with Gasteiger partial charge in [0.2, 0.25) is 6.29 Å². The molecule has 1 aliphatic heterocycles. The highest BCUT2D eigenvalue weighted by atomic mass is 16.7.